The third-order valence-electron chi connectivity index (χ3n) is 22.8. The van der Waals surface area contributed by atoms with Gasteiger partial charge in [0.15, 0.2) is 0 Å². The van der Waals surface area contributed by atoms with Crippen molar-refractivity contribution in [2.24, 2.45) is 0 Å². The Kier molecular flexibility index (Phi) is 12.8. The Morgan fingerprint density at radius 2 is 0.757 bits per heavy atom. The Morgan fingerprint density at radius 1 is 0.290 bits per heavy atom. The molecule has 5 heterocycles. The highest BCUT2D eigenvalue weighted by Crippen LogP contribution is 2.56. The first-order chi connectivity index (χ1) is 54.9. The summed E-state index contributed by atoms with van der Waals surface area (Å²) in [5.74, 6) is 0. The summed E-state index contributed by atoms with van der Waals surface area (Å²) < 4.78 is 70.4. The van der Waals surface area contributed by atoms with E-state index < -0.39 is 18.8 Å². The molecule has 5 heteroatoms. The molecule has 15 aromatic carbocycles. The van der Waals surface area contributed by atoms with Gasteiger partial charge in [-0.3, -0.25) is 0 Å². The number of nitrogens with zero attached hydrogens (tertiary/aromatic N) is 4. The lowest BCUT2D eigenvalue weighted by molar-refractivity contribution is 0.569. The lowest BCUT2D eigenvalue weighted by atomic mass is 9.33. The van der Waals surface area contributed by atoms with Crippen molar-refractivity contribution in [1.82, 2.24) is 8.97 Å². The highest BCUT2D eigenvalue weighted by molar-refractivity contribution is 7.00. The summed E-state index contributed by atoms with van der Waals surface area (Å²) in [6.45, 7) is 20.3. The monoisotopic (exact) mass is 1380 g/mol. The molecule has 0 saturated heterocycles. The van der Waals surface area contributed by atoms with E-state index in [-0.39, 0.29) is 62.9 Å². The van der Waals surface area contributed by atoms with Gasteiger partial charge in [-0.2, -0.15) is 0 Å². The number of fused-ring (bicyclic) bond motifs is 18. The molecule has 4 nitrogen and oxygen atoms in total. The highest BCUT2D eigenvalue weighted by atomic mass is 15.2. The van der Waals surface area contributed by atoms with Gasteiger partial charge < -0.3 is 18.8 Å². The second-order valence-corrected chi connectivity index (χ2v) is 32.3. The van der Waals surface area contributed by atoms with Gasteiger partial charge in [0, 0.05) is 71.9 Å². The predicted molar refractivity (Wildman–Crippen MR) is 460 cm³/mol. The first-order valence-corrected chi connectivity index (χ1v) is 37.3. The van der Waals surface area contributed by atoms with Crippen LogP contribution >= 0.6 is 0 Å². The predicted octanol–water partition coefficient (Wildman–Crippen LogP) is 26.0. The average Bonchev–Trinajstić information content (AvgIpc) is 1.03. The summed E-state index contributed by atoms with van der Waals surface area (Å²) >= 11 is 0. The maximum absolute atomic E-state index is 9.86. The molecule has 2 aliphatic heterocycles. The van der Waals surface area contributed by atoms with Crippen molar-refractivity contribution < 1.29 is 9.60 Å². The molecule has 0 bridgehead atoms. The second kappa shape index (κ2) is 24.1. The molecule has 107 heavy (non-hydrogen) atoms. The van der Waals surface area contributed by atoms with Gasteiger partial charge in [-0.15, -0.1) is 0 Å². The first-order valence-electron chi connectivity index (χ1n) is 40.8. The van der Waals surface area contributed by atoms with E-state index in [1.54, 1.807) is 4.57 Å². The van der Waals surface area contributed by atoms with E-state index in [0.29, 0.717) is 11.1 Å². The number of hydrogen-bond acceptors (Lipinski definition) is 2. The van der Waals surface area contributed by atoms with Crippen LogP contribution in [0.15, 0.2) is 327 Å². The Morgan fingerprint density at radius 3 is 1.38 bits per heavy atom. The number of aromatic nitrogens is 2. The van der Waals surface area contributed by atoms with Gasteiger partial charge in [0.2, 0.25) is 0 Å². The molecule has 18 aromatic rings. The fourth-order valence-electron chi connectivity index (χ4n) is 17.5. The maximum Gasteiger partial charge on any atom is 0.252 e. The van der Waals surface area contributed by atoms with E-state index in [4.69, 9.17) is 2.74 Å². The quantitative estimate of drug-likeness (QED) is 0.148. The van der Waals surface area contributed by atoms with Gasteiger partial charge in [-0.25, -0.2) is 0 Å². The van der Waals surface area contributed by atoms with Crippen LogP contribution in [-0.4, -0.2) is 15.7 Å². The minimum absolute atomic E-state index is 0.158. The molecule has 0 fully saturated rings. The fourth-order valence-corrected chi connectivity index (χ4v) is 17.5. The zero-order valence-electron chi connectivity index (χ0n) is 68.5. The van der Waals surface area contributed by atoms with Crippen molar-refractivity contribution in [3.63, 3.8) is 0 Å². The van der Waals surface area contributed by atoms with Crippen molar-refractivity contribution in [2.75, 3.05) is 9.80 Å². The van der Waals surface area contributed by atoms with Crippen LogP contribution in [0.1, 0.15) is 88.6 Å². The lowest BCUT2D eigenvalue weighted by Gasteiger charge is -2.45. The van der Waals surface area contributed by atoms with Crippen LogP contribution in [0.5, 0.6) is 0 Å². The minimum Gasteiger partial charge on any atom is -0.311 e. The van der Waals surface area contributed by atoms with Crippen LogP contribution in [0, 0.1) is 0 Å². The van der Waals surface area contributed by atoms with Crippen molar-refractivity contribution in [3.8, 4) is 50.2 Å². The smallest absolute Gasteiger partial charge is 0.252 e. The molecule has 0 N–H and O–H groups in total. The van der Waals surface area contributed by atoms with Crippen LogP contribution in [0.2, 0.25) is 0 Å². The second-order valence-electron chi connectivity index (χ2n) is 32.3. The SMILES string of the molecule is [2H]c1cc2c3c([2H])c([2H])c([2H])c([2H])c3n(-c3ccc4c(c3)N(c3ccc(-c5ccccc5)cc3)c3cc5c(c6c3B4c3ccc(-c4cc(C(C)(C)C)cc(C(C)(C)C)c4)cc3N6c3c(-c4ccccc4)cc(C(C)(C)C)cc3-c3ccccc3)c3cccc4c6ccccc6c6ccccc6c6ccccc6n5c43)c2c([2H])c1[2H]. The van der Waals surface area contributed by atoms with Crippen LogP contribution in [0.25, 0.3) is 132 Å². The van der Waals surface area contributed by atoms with Crippen molar-refractivity contribution in [1.29, 1.82) is 0 Å². The van der Waals surface area contributed by atoms with Gasteiger partial charge in [-0.05, 0) is 171 Å². The number of anilines is 6. The van der Waals surface area contributed by atoms with Crippen molar-refractivity contribution >= 4 is 139 Å². The van der Waals surface area contributed by atoms with E-state index in [2.05, 4.69) is 343 Å². The molecule has 20 rings (SSSR count). The fraction of sp³-hybridized carbons (Fsp3) is 0.118. The van der Waals surface area contributed by atoms with Gasteiger partial charge in [0.05, 0.1) is 48.6 Å². The zero-order chi connectivity index (χ0) is 78.4. The largest absolute Gasteiger partial charge is 0.311 e. The van der Waals surface area contributed by atoms with Gasteiger partial charge in [0.1, 0.15) is 0 Å². The Hall–Kier alpha value is -12.4. The maximum atomic E-state index is 9.86. The molecule has 0 atom stereocenters. The van der Waals surface area contributed by atoms with Crippen LogP contribution in [0.3, 0.4) is 0 Å². The molecule has 0 amide bonds. The molecule has 0 radical (unpaired) electrons. The number of benzene rings is 15. The van der Waals surface area contributed by atoms with E-state index in [1.807, 2.05) is 12.1 Å². The standard InChI is InChI=1S/C102H81BN4/c1-100(2,3)70-56-69(57-71(59-70)101(4,5)6)68-50-54-86-91(58-68)107(98-84(66-32-15-11-16-33-66)60-72(102(7,8)9)61-85(98)67-34-17-12-18-35-67)99-95-83-44-29-43-82-78-39-22-20-37-76(78)75-36-19-21-38-77(75)79-40-23-28-47-90(79)106(97(82)83)93(95)63-94-96(99)103(86)87-55-53-74(105-88-45-26-24-41-80(88)81-42-25-27-46-89(81)105)62-92(87)104(94)73-51-48-65(49-52-73)64-30-13-10-14-31-64/h10-63H,1-9H3/i24D,25D,26D,27D,41D,45D,46D. The normalized spacial score (nSPS) is 14.0. The third-order valence-corrected chi connectivity index (χ3v) is 22.8. The summed E-state index contributed by atoms with van der Waals surface area (Å²) in [5, 5.41) is 9.28. The van der Waals surface area contributed by atoms with Crippen molar-refractivity contribution in [3.05, 3.63) is 344 Å². The molecule has 2 aliphatic rings. The third kappa shape index (κ3) is 10.1. The van der Waals surface area contributed by atoms with Gasteiger partial charge >= 0.3 is 0 Å². The minimum atomic E-state index is -0.503. The molecule has 512 valence electrons. The van der Waals surface area contributed by atoms with Crippen LogP contribution < -0.4 is 26.2 Å². The van der Waals surface area contributed by atoms with E-state index in [0.717, 1.165) is 155 Å². The number of para-hydroxylation sites is 4. The molecule has 0 saturated carbocycles. The van der Waals surface area contributed by atoms with Crippen LogP contribution in [-0.2, 0) is 16.2 Å². The summed E-state index contributed by atoms with van der Waals surface area (Å²) in [7, 11) is 0. The van der Waals surface area contributed by atoms with E-state index in [9.17, 15) is 6.85 Å². The van der Waals surface area contributed by atoms with E-state index in [1.165, 1.54) is 22.8 Å². The van der Waals surface area contributed by atoms with Gasteiger partial charge in [0.25, 0.3) is 6.71 Å². The summed E-state index contributed by atoms with van der Waals surface area (Å²) in [4.78, 5) is 5.12. The Bertz CT molecular complexity index is 7100. The summed E-state index contributed by atoms with van der Waals surface area (Å²) in [6, 6.07) is 102. The molecular weight excluding hydrogens is 1290 g/mol. The molecule has 3 aromatic heterocycles. The summed E-state index contributed by atoms with van der Waals surface area (Å²) in [6.07, 6.45) is 0. The molecule has 0 aliphatic carbocycles. The molecule has 0 spiro atoms. The summed E-state index contributed by atoms with van der Waals surface area (Å²) in [5.41, 5.74) is 24.3. The number of rotatable bonds is 7. The Labute approximate surface area is 636 Å². The van der Waals surface area contributed by atoms with Crippen molar-refractivity contribution in [2.45, 2.75) is 78.6 Å². The highest BCUT2D eigenvalue weighted by Gasteiger charge is 2.47. The zero-order valence-corrected chi connectivity index (χ0v) is 61.5. The van der Waals surface area contributed by atoms with Gasteiger partial charge in [-0.1, -0.05) is 323 Å². The topological polar surface area (TPSA) is 15.8 Å². The van der Waals surface area contributed by atoms with E-state index >= 15 is 0 Å². The molecular formula is C102H81BN4. The average molecular weight is 1380 g/mol. The molecule has 0 unspecified atom stereocenters. The van der Waals surface area contributed by atoms with Crippen LogP contribution in [0.4, 0.5) is 34.1 Å². The Balaban J connectivity index is 1.04. The lowest BCUT2D eigenvalue weighted by Crippen LogP contribution is -2.61. The first kappa shape index (κ1) is 57.0. The number of hydrogen-bond donors (Lipinski definition) is 0.